The fraction of sp³-hybridized carbons (Fsp3) is 0.417. The molecule has 1 aromatic carbocycles. The normalized spacial score (nSPS) is 10.8. The monoisotopic (exact) mass is 363 g/mol. The molecule has 4 N–H and O–H groups in total. The minimum Gasteiger partial charge on any atom is -1.00 e. The predicted octanol–water partition coefficient (Wildman–Crippen LogP) is -2.77. The minimum atomic E-state index is -2.86. The molecule has 0 aliphatic rings. The van der Waals surface area contributed by atoms with Gasteiger partial charge in [-0.15, -0.1) is 0 Å². The summed E-state index contributed by atoms with van der Waals surface area (Å²) in [6.07, 6.45) is 0. The summed E-state index contributed by atoms with van der Waals surface area (Å²) >= 11 is -2.86. The number of carboxylic acids is 1. The quantitative estimate of drug-likeness (QED) is 0.259. The number of phenols is 1. The molecule has 1 atom stereocenters. The molecular weight excluding hydrogens is 341 g/mol. The number of quaternary nitrogens is 1. The maximum absolute atomic E-state index is 10.3. The van der Waals surface area contributed by atoms with E-state index in [0.717, 1.165) is 11.0 Å². The molecule has 0 aliphatic carbocycles. The van der Waals surface area contributed by atoms with Gasteiger partial charge in [0.05, 0.1) is 39.1 Å². The third-order valence-corrected chi connectivity index (χ3v) is 1.91. The first kappa shape index (κ1) is 27.0. The molecule has 0 radical (unpaired) electrons. The molecule has 0 saturated carbocycles. The number of aliphatic hydroxyl groups is 1. The number of likely N-dealkylation sites (N-methyl/N-ethyl adjacent to an activating group) is 1. The fourth-order valence-electron chi connectivity index (χ4n) is 0.954. The number of nitrogens with zero attached hydrogens (tertiary/aromatic N) is 1. The van der Waals surface area contributed by atoms with E-state index in [-0.39, 0.29) is 70.7 Å². The van der Waals surface area contributed by atoms with Crippen LogP contribution in [0.1, 0.15) is 11.8 Å². The zero-order chi connectivity index (χ0) is 17.1. The summed E-state index contributed by atoms with van der Waals surface area (Å²) in [6.45, 7) is 1.11. The summed E-state index contributed by atoms with van der Waals surface area (Å²) in [5.41, 5.74) is -0.0671. The summed E-state index contributed by atoms with van der Waals surface area (Å²) in [6, 6.07) is 5.81. The Morgan fingerprint density at radius 2 is 1.73 bits per heavy atom. The Morgan fingerprint density at radius 1 is 1.32 bits per heavy atom. The van der Waals surface area contributed by atoms with Crippen molar-refractivity contribution < 1.29 is 90.7 Å². The second-order valence-electron chi connectivity index (χ2n) is 4.78. The van der Waals surface area contributed by atoms with Gasteiger partial charge in [-0.25, -0.2) is 9.00 Å². The van der Waals surface area contributed by atoms with Crippen molar-refractivity contribution in [1.29, 1.82) is 0 Å². The third-order valence-electron chi connectivity index (χ3n) is 1.91. The van der Waals surface area contributed by atoms with Crippen LogP contribution >= 0.6 is 0 Å². The molecule has 0 spiro atoms. The average Bonchev–Trinajstić information content (AvgIpc) is 2.27. The number of para-hydroxylation sites is 1. The Labute approximate surface area is 176 Å². The van der Waals surface area contributed by atoms with Crippen LogP contribution in [0.25, 0.3) is 0 Å². The summed E-state index contributed by atoms with van der Waals surface area (Å²) < 4.78 is 24.9. The summed E-state index contributed by atoms with van der Waals surface area (Å²) in [4.78, 5) is 10.3. The summed E-state index contributed by atoms with van der Waals surface area (Å²) in [5, 5.41) is 25.7. The van der Waals surface area contributed by atoms with Crippen LogP contribution in [-0.4, -0.2) is 73.4 Å². The topological polar surface area (TPSA) is 138 Å². The molecule has 10 heteroatoms. The number of hydrogen-bond acceptors (Lipinski definition) is 5. The molecular formula is C12H22KNO7S. The standard InChI is InChI=1S/C7H6O3.C5H14NO.K.H2O3S.H/c8-6-4-2-1-3-5(6)7(9)10;1-6(2,3)4-5-7;;1-4(2)3;/h1-4,8H,(H,9,10);7H,4-5H2,1-3H3;;(H2,1,2,3);/q;2*+1;;-1/p-1. The molecule has 0 fully saturated rings. The summed E-state index contributed by atoms with van der Waals surface area (Å²) in [5.74, 6) is -1.31. The van der Waals surface area contributed by atoms with E-state index in [1.807, 2.05) is 0 Å². The Balaban J connectivity index is -0.000000124. The molecule has 22 heavy (non-hydrogen) atoms. The fourth-order valence-corrected chi connectivity index (χ4v) is 0.954. The number of benzene rings is 1. The van der Waals surface area contributed by atoms with Crippen LogP contribution in [0.2, 0.25) is 0 Å². The van der Waals surface area contributed by atoms with E-state index in [4.69, 9.17) is 28.6 Å². The SMILES string of the molecule is C[N+](C)(C)CCO.O=C(O)c1ccccc1O.O=S([O-])O.[H-].[K+]. The Hall–Kier alpha value is 0.116. The number of rotatable bonds is 3. The first-order valence-electron chi connectivity index (χ1n) is 5.72. The Morgan fingerprint density at radius 3 is 1.91 bits per heavy atom. The van der Waals surface area contributed by atoms with Crippen LogP contribution in [-0.2, 0) is 11.4 Å². The van der Waals surface area contributed by atoms with E-state index < -0.39 is 17.3 Å². The number of aromatic hydroxyl groups is 1. The van der Waals surface area contributed by atoms with E-state index in [9.17, 15) is 4.79 Å². The van der Waals surface area contributed by atoms with Gasteiger partial charge in [0, 0.05) is 0 Å². The van der Waals surface area contributed by atoms with Gasteiger partial charge >= 0.3 is 57.4 Å². The van der Waals surface area contributed by atoms with Crippen LogP contribution in [0.15, 0.2) is 24.3 Å². The number of aromatic carboxylic acids is 1. The maximum atomic E-state index is 10.3. The Kier molecular flexibility index (Phi) is 18.0. The molecule has 0 saturated heterocycles. The van der Waals surface area contributed by atoms with Gasteiger partial charge < -0.3 is 30.3 Å². The van der Waals surface area contributed by atoms with Gasteiger partial charge in [0.25, 0.3) is 0 Å². The van der Waals surface area contributed by atoms with Crippen molar-refractivity contribution in [3.05, 3.63) is 29.8 Å². The van der Waals surface area contributed by atoms with E-state index in [2.05, 4.69) is 21.1 Å². The first-order chi connectivity index (χ1) is 9.51. The predicted molar refractivity (Wildman–Crippen MR) is 77.7 cm³/mol. The third kappa shape index (κ3) is 20.1. The van der Waals surface area contributed by atoms with Gasteiger partial charge in [0.1, 0.15) is 17.9 Å². The zero-order valence-corrected chi connectivity index (χ0v) is 17.0. The van der Waals surface area contributed by atoms with Crippen LogP contribution in [0.5, 0.6) is 5.75 Å². The molecule has 124 valence electrons. The van der Waals surface area contributed by atoms with Crippen molar-refractivity contribution in [2.24, 2.45) is 0 Å². The Bertz CT molecular complexity index is 453. The van der Waals surface area contributed by atoms with E-state index in [1.54, 1.807) is 12.1 Å². The average molecular weight is 363 g/mol. The van der Waals surface area contributed by atoms with Crippen LogP contribution < -0.4 is 51.4 Å². The smallest absolute Gasteiger partial charge is 1.00 e. The van der Waals surface area contributed by atoms with Crippen LogP contribution in [0.3, 0.4) is 0 Å². The van der Waals surface area contributed by atoms with E-state index >= 15 is 0 Å². The van der Waals surface area contributed by atoms with Crippen molar-refractivity contribution in [3.63, 3.8) is 0 Å². The summed E-state index contributed by atoms with van der Waals surface area (Å²) in [7, 11) is 6.16. The second-order valence-corrected chi connectivity index (χ2v) is 5.21. The molecule has 8 nitrogen and oxygen atoms in total. The molecule has 1 aromatic rings. The molecule has 1 rings (SSSR count). The number of carboxylic acid groups (broad SMARTS) is 1. The maximum Gasteiger partial charge on any atom is 1.00 e. The molecule has 0 heterocycles. The minimum absolute atomic E-state index is 0. The number of aliphatic hydroxyl groups excluding tert-OH is 1. The van der Waals surface area contributed by atoms with Gasteiger partial charge in [-0.3, -0.25) is 0 Å². The van der Waals surface area contributed by atoms with E-state index in [1.165, 1.54) is 12.1 Å². The largest absolute Gasteiger partial charge is 1.00 e. The second kappa shape index (κ2) is 14.7. The molecule has 0 aromatic heterocycles. The van der Waals surface area contributed by atoms with Crippen LogP contribution in [0.4, 0.5) is 0 Å². The van der Waals surface area contributed by atoms with Gasteiger partial charge in [0.15, 0.2) is 0 Å². The molecule has 0 bridgehead atoms. The molecule has 0 amide bonds. The van der Waals surface area contributed by atoms with Crippen molar-refractivity contribution in [2.45, 2.75) is 0 Å². The van der Waals surface area contributed by atoms with Crippen molar-refractivity contribution in [2.75, 3.05) is 34.3 Å². The van der Waals surface area contributed by atoms with Crippen LogP contribution in [0, 0.1) is 0 Å². The van der Waals surface area contributed by atoms with Gasteiger partial charge in [0.2, 0.25) is 0 Å². The number of carbonyl (C=O) groups is 1. The van der Waals surface area contributed by atoms with Crippen molar-refractivity contribution in [1.82, 2.24) is 0 Å². The zero-order valence-electron chi connectivity index (χ0n) is 14.1. The first-order valence-corrected chi connectivity index (χ1v) is 6.75. The van der Waals surface area contributed by atoms with Gasteiger partial charge in [-0.2, -0.15) is 0 Å². The van der Waals surface area contributed by atoms with Crippen molar-refractivity contribution >= 4 is 17.3 Å². The molecule has 0 aliphatic heterocycles. The van der Waals surface area contributed by atoms with Gasteiger partial charge in [-0.05, 0) is 12.1 Å². The van der Waals surface area contributed by atoms with Gasteiger partial charge in [-0.1, -0.05) is 12.1 Å². The molecule has 1 unspecified atom stereocenters. The van der Waals surface area contributed by atoms with Crippen molar-refractivity contribution in [3.8, 4) is 5.75 Å². The van der Waals surface area contributed by atoms with E-state index in [0.29, 0.717) is 0 Å². The number of hydrogen-bond donors (Lipinski definition) is 4.